The van der Waals surface area contributed by atoms with Crippen LogP contribution in [-0.4, -0.2) is 59.3 Å². The molecule has 1 aliphatic heterocycles. The van der Waals surface area contributed by atoms with E-state index in [0.29, 0.717) is 0 Å². The van der Waals surface area contributed by atoms with Gasteiger partial charge >= 0.3 is 0 Å². The van der Waals surface area contributed by atoms with Gasteiger partial charge in [-0.25, -0.2) is 4.98 Å². The highest BCUT2D eigenvalue weighted by Gasteiger charge is 2.54. The third kappa shape index (κ3) is 2.10. The van der Waals surface area contributed by atoms with Gasteiger partial charge < -0.3 is 25.8 Å². The molecule has 0 aliphatic carbocycles. The third-order valence-electron chi connectivity index (χ3n) is 3.68. The van der Waals surface area contributed by atoms with E-state index in [2.05, 4.69) is 20.9 Å². The molecule has 0 radical (unpaired) electrons. The number of terminal acetylenes is 1. The fraction of sp³-hybridized carbons (Fsp3) is 0.417. The van der Waals surface area contributed by atoms with Crippen molar-refractivity contribution in [3.8, 4) is 12.3 Å². The lowest BCUT2D eigenvalue weighted by atomic mass is 9.97. The van der Waals surface area contributed by atoms with Crippen LogP contribution in [0.4, 0.5) is 5.95 Å². The standard InChI is InChI=1S/C12H12ClN5O5/c1-2-12(3-19)6(21)5(20)9(23-12)18-7-4(15-10(18)13)8(22)17-11(14)16-7/h1,5-6,9,19-21H,3H2,(H3,14,16,17,22)/t5-,6+,9-,12?/m1/s1. The number of nitrogens with one attached hydrogen (secondary N) is 1. The molecule has 1 unspecified atom stereocenters. The van der Waals surface area contributed by atoms with E-state index >= 15 is 0 Å². The Morgan fingerprint density at radius 2 is 2.22 bits per heavy atom. The summed E-state index contributed by atoms with van der Waals surface area (Å²) in [5.41, 5.74) is 2.85. The summed E-state index contributed by atoms with van der Waals surface area (Å²) in [6.07, 6.45) is 0.838. The van der Waals surface area contributed by atoms with E-state index in [-0.39, 0.29) is 22.4 Å². The molecule has 3 rings (SSSR count). The molecule has 23 heavy (non-hydrogen) atoms. The van der Waals surface area contributed by atoms with Gasteiger partial charge in [-0.05, 0) is 11.6 Å². The molecule has 3 heterocycles. The largest absolute Gasteiger partial charge is 0.392 e. The summed E-state index contributed by atoms with van der Waals surface area (Å²) in [7, 11) is 0. The molecule has 1 fully saturated rings. The van der Waals surface area contributed by atoms with Crippen molar-refractivity contribution in [2.24, 2.45) is 0 Å². The maximum Gasteiger partial charge on any atom is 0.280 e. The van der Waals surface area contributed by atoms with E-state index in [1.807, 2.05) is 0 Å². The van der Waals surface area contributed by atoms with E-state index in [1.54, 1.807) is 0 Å². The minimum atomic E-state index is -1.82. The molecule has 1 saturated heterocycles. The van der Waals surface area contributed by atoms with Crippen molar-refractivity contribution in [1.82, 2.24) is 19.5 Å². The fourth-order valence-corrected chi connectivity index (χ4v) is 2.75. The normalized spacial score (nSPS) is 30.7. The number of fused-ring (bicyclic) bond motifs is 1. The number of aromatic amines is 1. The molecule has 2 aromatic heterocycles. The second kappa shape index (κ2) is 5.19. The van der Waals surface area contributed by atoms with Crippen LogP contribution in [0.5, 0.6) is 0 Å². The van der Waals surface area contributed by atoms with Gasteiger partial charge in [0.1, 0.15) is 12.2 Å². The van der Waals surface area contributed by atoms with E-state index in [4.69, 9.17) is 28.5 Å². The summed E-state index contributed by atoms with van der Waals surface area (Å²) in [4.78, 5) is 21.8. The molecule has 10 nitrogen and oxygen atoms in total. The molecule has 0 aromatic carbocycles. The van der Waals surface area contributed by atoms with Gasteiger partial charge in [0, 0.05) is 0 Å². The maximum absolute atomic E-state index is 11.8. The number of aliphatic hydroxyl groups is 3. The van der Waals surface area contributed by atoms with E-state index in [9.17, 15) is 20.1 Å². The average molecular weight is 342 g/mol. The second-order valence-electron chi connectivity index (χ2n) is 5.01. The van der Waals surface area contributed by atoms with Crippen molar-refractivity contribution in [2.75, 3.05) is 12.3 Å². The molecule has 0 bridgehead atoms. The van der Waals surface area contributed by atoms with Crippen molar-refractivity contribution < 1.29 is 20.1 Å². The average Bonchev–Trinajstić information content (AvgIpc) is 2.96. The zero-order chi connectivity index (χ0) is 16.9. The maximum atomic E-state index is 11.8. The molecule has 0 amide bonds. The number of nitrogens with zero attached hydrogens (tertiary/aromatic N) is 3. The van der Waals surface area contributed by atoms with Crippen LogP contribution in [0.15, 0.2) is 4.79 Å². The monoisotopic (exact) mass is 341 g/mol. The number of imidazole rings is 1. The number of rotatable bonds is 2. The quantitative estimate of drug-likeness (QED) is 0.309. The zero-order valence-electron chi connectivity index (χ0n) is 11.5. The van der Waals surface area contributed by atoms with Gasteiger partial charge in [-0.3, -0.25) is 14.3 Å². The summed E-state index contributed by atoms with van der Waals surface area (Å²) in [5, 5.41) is 29.5. The van der Waals surface area contributed by atoms with Gasteiger partial charge in [0.2, 0.25) is 11.2 Å². The van der Waals surface area contributed by atoms with Crippen LogP contribution in [0.25, 0.3) is 11.2 Å². The number of hydrogen-bond donors (Lipinski definition) is 5. The molecule has 2 aromatic rings. The third-order valence-corrected chi connectivity index (χ3v) is 3.95. The number of nitrogen functional groups attached to an aromatic ring is 1. The van der Waals surface area contributed by atoms with E-state index < -0.39 is 36.2 Å². The van der Waals surface area contributed by atoms with Gasteiger partial charge in [-0.15, -0.1) is 6.42 Å². The number of aliphatic hydroxyl groups excluding tert-OH is 3. The number of nitrogens with two attached hydrogens (primary N) is 1. The Balaban J connectivity index is 2.20. The summed E-state index contributed by atoms with van der Waals surface area (Å²) in [5.74, 6) is 1.92. The first kappa shape index (κ1) is 15.7. The van der Waals surface area contributed by atoms with Crippen LogP contribution < -0.4 is 11.3 Å². The number of ether oxygens (including phenoxy) is 1. The second-order valence-corrected chi connectivity index (χ2v) is 5.35. The summed E-state index contributed by atoms with van der Waals surface area (Å²) >= 11 is 6.00. The number of aromatic nitrogens is 4. The van der Waals surface area contributed by atoms with Crippen molar-refractivity contribution >= 4 is 28.7 Å². The minimum Gasteiger partial charge on any atom is -0.392 e. The van der Waals surface area contributed by atoms with Crippen LogP contribution in [0.1, 0.15) is 6.23 Å². The molecule has 0 saturated carbocycles. The first-order chi connectivity index (χ1) is 10.8. The van der Waals surface area contributed by atoms with Crippen LogP contribution in [0.2, 0.25) is 5.28 Å². The Morgan fingerprint density at radius 1 is 1.52 bits per heavy atom. The lowest BCUT2D eigenvalue weighted by Crippen LogP contribution is -2.44. The topological polar surface area (TPSA) is 160 Å². The predicted molar refractivity (Wildman–Crippen MR) is 78.4 cm³/mol. The predicted octanol–water partition coefficient (Wildman–Crippen LogP) is -2.03. The lowest BCUT2D eigenvalue weighted by Gasteiger charge is -2.23. The molecule has 11 heteroatoms. The first-order valence-electron chi connectivity index (χ1n) is 6.40. The highest BCUT2D eigenvalue weighted by atomic mass is 35.5. The highest BCUT2D eigenvalue weighted by Crippen LogP contribution is 2.39. The fourth-order valence-electron chi connectivity index (χ4n) is 2.49. The van der Waals surface area contributed by atoms with Gasteiger partial charge in [0.15, 0.2) is 23.0 Å². The highest BCUT2D eigenvalue weighted by molar-refractivity contribution is 6.29. The van der Waals surface area contributed by atoms with E-state index in [0.717, 1.165) is 4.57 Å². The lowest BCUT2D eigenvalue weighted by molar-refractivity contribution is -0.0910. The number of halogens is 1. The summed E-state index contributed by atoms with van der Waals surface area (Å²) in [6, 6.07) is 0. The Kier molecular flexibility index (Phi) is 3.55. The Morgan fingerprint density at radius 3 is 2.78 bits per heavy atom. The van der Waals surface area contributed by atoms with Crippen LogP contribution in [-0.2, 0) is 4.74 Å². The van der Waals surface area contributed by atoms with Crippen molar-refractivity contribution in [3.63, 3.8) is 0 Å². The van der Waals surface area contributed by atoms with Crippen molar-refractivity contribution in [2.45, 2.75) is 24.0 Å². The van der Waals surface area contributed by atoms with Crippen molar-refractivity contribution in [3.05, 3.63) is 15.6 Å². The first-order valence-corrected chi connectivity index (χ1v) is 6.78. The molecular weight excluding hydrogens is 330 g/mol. The SMILES string of the molecule is C#CC1(CO)O[C@@H](n2c(Cl)nc3c(=O)[nH]c(N)nc32)[C@H](O)[C@@H]1O. The summed E-state index contributed by atoms with van der Waals surface area (Å²) < 4.78 is 6.52. The molecule has 4 atom stereocenters. The minimum absolute atomic E-state index is 0.0572. The molecule has 6 N–H and O–H groups in total. The molecule has 0 spiro atoms. The molecular formula is C12H12ClN5O5. The Bertz CT molecular complexity index is 873. The number of H-pyrrole nitrogens is 1. The van der Waals surface area contributed by atoms with Crippen LogP contribution in [0.3, 0.4) is 0 Å². The smallest absolute Gasteiger partial charge is 0.280 e. The number of anilines is 1. The molecule has 1 aliphatic rings. The Labute approximate surface area is 133 Å². The van der Waals surface area contributed by atoms with Crippen molar-refractivity contribution in [1.29, 1.82) is 0 Å². The molecule has 122 valence electrons. The zero-order valence-corrected chi connectivity index (χ0v) is 12.2. The van der Waals surface area contributed by atoms with Gasteiger partial charge in [-0.1, -0.05) is 5.92 Å². The Hall–Kier alpha value is -2.16. The summed E-state index contributed by atoms with van der Waals surface area (Å²) in [6.45, 7) is -0.737. The van der Waals surface area contributed by atoms with Gasteiger partial charge in [0.05, 0.1) is 6.61 Å². The van der Waals surface area contributed by atoms with Crippen LogP contribution >= 0.6 is 11.6 Å². The van der Waals surface area contributed by atoms with Crippen LogP contribution in [0, 0.1) is 12.3 Å². The van der Waals surface area contributed by atoms with Gasteiger partial charge in [0.25, 0.3) is 5.56 Å². The van der Waals surface area contributed by atoms with Gasteiger partial charge in [-0.2, -0.15) is 4.98 Å². The van der Waals surface area contributed by atoms with E-state index in [1.165, 1.54) is 0 Å². The number of hydrogen-bond acceptors (Lipinski definition) is 8.